The molecule has 5 nitrogen and oxygen atoms in total. The first-order valence-corrected chi connectivity index (χ1v) is 8.35. The van der Waals surface area contributed by atoms with Crippen LogP contribution in [0.25, 0.3) is 11.3 Å². The Morgan fingerprint density at radius 1 is 1.04 bits per heavy atom. The molecule has 0 aromatic carbocycles. The van der Waals surface area contributed by atoms with Crippen LogP contribution >= 0.6 is 0 Å². The number of nitrogens with two attached hydrogens (primary N) is 1. The number of nitrogens with zero attached hydrogens (tertiary/aromatic N) is 3. The van der Waals surface area contributed by atoms with E-state index in [9.17, 15) is 5.11 Å². The van der Waals surface area contributed by atoms with Crippen LogP contribution in [0.3, 0.4) is 0 Å². The predicted octanol–water partition coefficient (Wildman–Crippen LogP) is 2.56. The Bertz CT molecular complexity index is 706. The van der Waals surface area contributed by atoms with Crippen molar-refractivity contribution in [1.29, 1.82) is 0 Å². The van der Waals surface area contributed by atoms with E-state index < -0.39 is 0 Å². The second-order valence-corrected chi connectivity index (χ2v) is 6.63. The smallest absolute Gasteiger partial charge is 0.124 e. The topological polar surface area (TPSA) is 75.3 Å². The molecule has 5 heteroatoms. The van der Waals surface area contributed by atoms with Crippen LogP contribution in [-0.2, 0) is 0 Å². The third-order valence-electron chi connectivity index (χ3n) is 4.77. The molecule has 4 rings (SSSR count). The largest absolute Gasteiger partial charge is 0.393 e. The monoisotopic (exact) mass is 310 g/mol. The minimum Gasteiger partial charge on any atom is -0.393 e. The van der Waals surface area contributed by atoms with E-state index in [4.69, 9.17) is 5.73 Å². The Morgan fingerprint density at radius 2 is 1.83 bits per heavy atom. The van der Waals surface area contributed by atoms with Crippen molar-refractivity contribution in [2.24, 2.45) is 0 Å². The molecule has 0 radical (unpaired) electrons. The van der Waals surface area contributed by atoms with Crippen LogP contribution in [0.4, 0.5) is 11.5 Å². The summed E-state index contributed by atoms with van der Waals surface area (Å²) < 4.78 is 0. The fourth-order valence-electron chi connectivity index (χ4n) is 3.24. The molecule has 0 amide bonds. The maximum absolute atomic E-state index is 9.66. The SMILES string of the molecule is Nc1cc(C2CC2)cc(-c2cncc(N3CCC(O)CC3)c2)n1. The van der Waals surface area contributed by atoms with Crippen LogP contribution in [0.2, 0.25) is 0 Å². The van der Waals surface area contributed by atoms with Gasteiger partial charge in [0.2, 0.25) is 0 Å². The maximum Gasteiger partial charge on any atom is 0.124 e. The van der Waals surface area contributed by atoms with E-state index >= 15 is 0 Å². The van der Waals surface area contributed by atoms with E-state index in [1.165, 1.54) is 18.4 Å². The van der Waals surface area contributed by atoms with Gasteiger partial charge in [0.1, 0.15) is 5.82 Å². The molecule has 0 bridgehead atoms. The third kappa shape index (κ3) is 3.15. The van der Waals surface area contributed by atoms with E-state index in [0.717, 1.165) is 42.9 Å². The average molecular weight is 310 g/mol. The van der Waals surface area contributed by atoms with Crippen molar-refractivity contribution in [2.45, 2.75) is 37.7 Å². The Morgan fingerprint density at radius 3 is 2.57 bits per heavy atom. The Kier molecular flexibility index (Phi) is 3.65. The number of hydrogen-bond donors (Lipinski definition) is 2. The van der Waals surface area contributed by atoms with Gasteiger partial charge in [-0.1, -0.05) is 0 Å². The molecule has 0 unspecified atom stereocenters. The van der Waals surface area contributed by atoms with Gasteiger partial charge >= 0.3 is 0 Å². The summed E-state index contributed by atoms with van der Waals surface area (Å²) in [6.07, 6.45) is 7.68. The highest BCUT2D eigenvalue weighted by molar-refractivity contribution is 5.66. The summed E-state index contributed by atoms with van der Waals surface area (Å²) in [5.74, 6) is 1.23. The molecule has 1 saturated heterocycles. The van der Waals surface area contributed by atoms with Crippen molar-refractivity contribution in [3.63, 3.8) is 0 Å². The van der Waals surface area contributed by atoms with Gasteiger partial charge in [-0.15, -0.1) is 0 Å². The molecule has 3 N–H and O–H groups in total. The quantitative estimate of drug-likeness (QED) is 0.911. The van der Waals surface area contributed by atoms with Gasteiger partial charge in [-0.3, -0.25) is 4.98 Å². The standard InChI is InChI=1S/C18H22N4O/c19-18-9-13(12-1-2-12)8-17(21-18)14-7-15(11-20-10-14)22-5-3-16(23)4-6-22/h7-12,16,23H,1-6H2,(H2,19,21). The molecule has 1 saturated carbocycles. The zero-order valence-corrected chi connectivity index (χ0v) is 13.2. The first-order chi connectivity index (χ1) is 11.2. The Balaban J connectivity index is 1.63. The summed E-state index contributed by atoms with van der Waals surface area (Å²) >= 11 is 0. The molecule has 0 spiro atoms. The molecule has 2 fully saturated rings. The summed E-state index contributed by atoms with van der Waals surface area (Å²) in [6.45, 7) is 1.73. The van der Waals surface area contributed by atoms with E-state index in [1.54, 1.807) is 0 Å². The van der Waals surface area contributed by atoms with Crippen LogP contribution in [0.15, 0.2) is 30.6 Å². The lowest BCUT2D eigenvalue weighted by Crippen LogP contribution is -2.35. The van der Waals surface area contributed by atoms with Crippen LogP contribution in [-0.4, -0.2) is 34.3 Å². The molecule has 2 aromatic heterocycles. The minimum absolute atomic E-state index is 0.168. The number of aromatic nitrogens is 2. The highest BCUT2D eigenvalue weighted by Gasteiger charge is 2.24. The number of piperidine rings is 1. The van der Waals surface area contributed by atoms with Crippen molar-refractivity contribution < 1.29 is 5.11 Å². The van der Waals surface area contributed by atoms with Gasteiger partial charge < -0.3 is 15.7 Å². The predicted molar refractivity (Wildman–Crippen MR) is 91.3 cm³/mol. The summed E-state index contributed by atoms with van der Waals surface area (Å²) in [5.41, 5.74) is 10.3. The van der Waals surface area contributed by atoms with Crippen molar-refractivity contribution >= 4 is 11.5 Å². The van der Waals surface area contributed by atoms with Gasteiger partial charge in [-0.05, 0) is 55.4 Å². The van der Waals surface area contributed by atoms with Gasteiger partial charge in [-0.25, -0.2) is 4.98 Å². The zero-order chi connectivity index (χ0) is 15.8. The third-order valence-corrected chi connectivity index (χ3v) is 4.77. The zero-order valence-electron chi connectivity index (χ0n) is 13.2. The first-order valence-electron chi connectivity index (χ1n) is 8.35. The summed E-state index contributed by atoms with van der Waals surface area (Å²) in [4.78, 5) is 11.2. The van der Waals surface area contributed by atoms with Crippen LogP contribution in [0, 0.1) is 0 Å². The van der Waals surface area contributed by atoms with Crippen molar-refractivity contribution in [3.05, 3.63) is 36.2 Å². The Hall–Kier alpha value is -2.14. The van der Waals surface area contributed by atoms with E-state index in [1.807, 2.05) is 18.5 Å². The van der Waals surface area contributed by atoms with E-state index in [-0.39, 0.29) is 6.10 Å². The molecule has 3 heterocycles. The maximum atomic E-state index is 9.66. The number of rotatable bonds is 3. The van der Waals surface area contributed by atoms with Gasteiger partial charge in [-0.2, -0.15) is 0 Å². The van der Waals surface area contributed by atoms with Crippen molar-refractivity contribution in [3.8, 4) is 11.3 Å². The van der Waals surface area contributed by atoms with Gasteiger partial charge in [0.05, 0.1) is 23.7 Å². The van der Waals surface area contributed by atoms with Crippen LogP contribution < -0.4 is 10.6 Å². The van der Waals surface area contributed by atoms with Gasteiger partial charge in [0, 0.05) is 24.8 Å². The van der Waals surface area contributed by atoms with Crippen molar-refractivity contribution in [2.75, 3.05) is 23.7 Å². The number of aliphatic hydroxyl groups excluding tert-OH is 1. The van der Waals surface area contributed by atoms with Gasteiger partial charge in [0.15, 0.2) is 0 Å². The lowest BCUT2D eigenvalue weighted by atomic mass is 10.1. The molecular weight excluding hydrogens is 288 g/mol. The number of hydrogen-bond acceptors (Lipinski definition) is 5. The van der Waals surface area contributed by atoms with E-state index in [2.05, 4.69) is 27.0 Å². The molecule has 0 atom stereocenters. The highest BCUT2D eigenvalue weighted by Crippen LogP contribution is 2.41. The second kappa shape index (κ2) is 5.81. The second-order valence-electron chi connectivity index (χ2n) is 6.63. The van der Waals surface area contributed by atoms with E-state index in [0.29, 0.717) is 11.7 Å². The lowest BCUT2D eigenvalue weighted by molar-refractivity contribution is 0.145. The fourth-order valence-corrected chi connectivity index (χ4v) is 3.24. The van der Waals surface area contributed by atoms with Crippen molar-refractivity contribution in [1.82, 2.24) is 9.97 Å². The molecule has 2 aliphatic rings. The number of aliphatic hydroxyl groups is 1. The molecule has 120 valence electrons. The number of nitrogen functional groups attached to an aromatic ring is 1. The summed E-state index contributed by atoms with van der Waals surface area (Å²) in [6, 6.07) is 6.27. The molecule has 23 heavy (non-hydrogen) atoms. The molecular formula is C18H22N4O. The fraction of sp³-hybridized carbons (Fsp3) is 0.444. The minimum atomic E-state index is -0.168. The highest BCUT2D eigenvalue weighted by atomic mass is 16.3. The lowest BCUT2D eigenvalue weighted by Gasteiger charge is -2.31. The number of anilines is 2. The van der Waals surface area contributed by atoms with Crippen LogP contribution in [0.5, 0.6) is 0 Å². The molecule has 1 aliphatic heterocycles. The van der Waals surface area contributed by atoms with Crippen LogP contribution in [0.1, 0.15) is 37.2 Å². The normalized spacial score (nSPS) is 19.1. The summed E-state index contributed by atoms with van der Waals surface area (Å²) in [7, 11) is 0. The summed E-state index contributed by atoms with van der Waals surface area (Å²) in [5, 5.41) is 9.66. The number of pyridine rings is 2. The molecule has 1 aliphatic carbocycles. The molecule has 2 aromatic rings. The first kappa shape index (κ1) is 14.5. The average Bonchev–Trinajstić information content (AvgIpc) is 3.40. The Labute approximate surface area is 136 Å². The van der Waals surface area contributed by atoms with Gasteiger partial charge in [0.25, 0.3) is 0 Å².